The van der Waals surface area contributed by atoms with Gasteiger partial charge in [0.2, 0.25) is 5.91 Å². The number of nitrogens with zero attached hydrogens (tertiary/aromatic N) is 3. The molecule has 1 aromatic rings. The highest BCUT2D eigenvalue weighted by Crippen LogP contribution is 2.68. The normalized spacial score (nSPS) is 25.0. The lowest BCUT2D eigenvalue weighted by Gasteiger charge is -2.32. The molecule has 1 saturated carbocycles. The Morgan fingerprint density at radius 2 is 1.81 bits per heavy atom. The first-order valence-electron chi connectivity index (χ1n) is 7.84. The van der Waals surface area contributed by atoms with Crippen molar-refractivity contribution < 1.29 is 4.79 Å². The Bertz CT molecular complexity index is 538. The predicted octanol–water partition coefficient (Wildman–Crippen LogP) is 2.31. The molecule has 5 heteroatoms. The zero-order valence-corrected chi connectivity index (χ0v) is 13.5. The van der Waals surface area contributed by atoms with E-state index in [0.717, 1.165) is 25.9 Å². The molecule has 3 rings (SSSR count). The second kappa shape index (κ2) is 4.49. The number of nitrogens with two attached hydrogens (primary N) is 1. The molecule has 1 aliphatic heterocycles. The van der Waals surface area contributed by atoms with Gasteiger partial charge >= 0.3 is 0 Å². The van der Waals surface area contributed by atoms with Gasteiger partial charge in [-0.15, -0.1) is 0 Å². The van der Waals surface area contributed by atoms with Gasteiger partial charge in [0.15, 0.2) is 0 Å². The van der Waals surface area contributed by atoms with E-state index in [1.807, 2.05) is 21.8 Å². The largest absolute Gasteiger partial charge is 0.382 e. The van der Waals surface area contributed by atoms with Crippen molar-refractivity contribution in [1.82, 2.24) is 14.7 Å². The second-order valence-corrected chi connectivity index (χ2v) is 7.65. The van der Waals surface area contributed by atoms with Crippen LogP contribution in [-0.4, -0.2) is 33.7 Å². The average Bonchev–Trinajstić information content (AvgIpc) is 2.75. The first-order valence-corrected chi connectivity index (χ1v) is 7.84. The zero-order valence-electron chi connectivity index (χ0n) is 13.5. The smallest absolute Gasteiger partial charge is 0.226 e. The molecule has 0 bridgehead atoms. The highest BCUT2D eigenvalue weighted by molar-refractivity contribution is 5.84. The van der Waals surface area contributed by atoms with Crippen molar-refractivity contribution in [2.24, 2.45) is 16.7 Å². The number of likely N-dealkylation sites (tertiary alicyclic amines) is 1. The quantitative estimate of drug-likeness (QED) is 0.909. The molecule has 21 heavy (non-hydrogen) atoms. The van der Waals surface area contributed by atoms with Crippen LogP contribution in [0.3, 0.4) is 0 Å². The summed E-state index contributed by atoms with van der Waals surface area (Å²) in [5.41, 5.74) is 5.92. The maximum atomic E-state index is 12.7. The van der Waals surface area contributed by atoms with E-state index in [0.29, 0.717) is 17.8 Å². The van der Waals surface area contributed by atoms with E-state index >= 15 is 0 Å². The number of hydrogen-bond acceptors (Lipinski definition) is 3. The molecule has 116 valence electrons. The van der Waals surface area contributed by atoms with Gasteiger partial charge in [-0.1, -0.05) is 27.7 Å². The fourth-order valence-corrected chi connectivity index (χ4v) is 3.90. The van der Waals surface area contributed by atoms with Crippen LogP contribution < -0.4 is 5.73 Å². The van der Waals surface area contributed by atoms with E-state index in [1.54, 1.807) is 0 Å². The molecule has 1 aromatic heterocycles. The molecule has 0 atom stereocenters. The van der Waals surface area contributed by atoms with E-state index in [9.17, 15) is 4.79 Å². The molecular formula is C16H26N4O. The Balaban J connectivity index is 1.61. The number of rotatable bonds is 2. The lowest BCUT2D eigenvalue weighted by atomic mass is 10.0. The lowest BCUT2D eigenvalue weighted by molar-refractivity contribution is -0.135. The number of aromatic nitrogens is 2. The van der Waals surface area contributed by atoms with Crippen molar-refractivity contribution in [2.45, 2.75) is 46.6 Å². The molecule has 2 heterocycles. The number of anilines is 1. The van der Waals surface area contributed by atoms with Crippen LogP contribution in [-0.2, 0) is 4.79 Å². The van der Waals surface area contributed by atoms with Crippen LogP contribution >= 0.6 is 0 Å². The first-order chi connectivity index (χ1) is 9.75. The van der Waals surface area contributed by atoms with Crippen molar-refractivity contribution in [1.29, 1.82) is 0 Å². The van der Waals surface area contributed by atoms with Gasteiger partial charge in [0.25, 0.3) is 0 Å². The fraction of sp³-hybridized carbons (Fsp3) is 0.750. The standard InChI is InChI=1S/C16H26N4O/c1-15(2)13(16(15,3)4)14(21)19-8-5-11(6-9-19)20-10-7-12(17)18-20/h7,10-11,13H,5-6,8-9H2,1-4H3,(H2,17,18). The van der Waals surface area contributed by atoms with E-state index in [2.05, 4.69) is 32.8 Å². The Hall–Kier alpha value is -1.52. The van der Waals surface area contributed by atoms with Gasteiger partial charge < -0.3 is 10.6 Å². The minimum absolute atomic E-state index is 0.122. The van der Waals surface area contributed by atoms with Gasteiger partial charge in [0.1, 0.15) is 5.82 Å². The molecule has 2 fully saturated rings. The maximum absolute atomic E-state index is 12.7. The second-order valence-electron chi connectivity index (χ2n) is 7.65. The van der Waals surface area contributed by atoms with Crippen LogP contribution in [0.4, 0.5) is 5.82 Å². The summed E-state index contributed by atoms with van der Waals surface area (Å²) in [7, 11) is 0. The molecule has 2 aliphatic rings. The minimum Gasteiger partial charge on any atom is -0.382 e. The van der Waals surface area contributed by atoms with Gasteiger partial charge in [-0.05, 0) is 29.7 Å². The molecule has 1 saturated heterocycles. The summed E-state index contributed by atoms with van der Waals surface area (Å²) in [5, 5.41) is 4.29. The van der Waals surface area contributed by atoms with Crippen molar-refractivity contribution >= 4 is 11.7 Å². The summed E-state index contributed by atoms with van der Waals surface area (Å²) in [6.45, 7) is 10.5. The number of carbonyl (C=O) groups excluding carboxylic acids is 1. The monoisotopic (exact) mass is 290 g/mol. The molecule has 0 aromatic carbocycles. The van der Waals surface area contributed by atoms with Gasteiger partial charge in [0.05, 0.1) is 6.04 Å². The van der Waals surface area contributed by atoms with Gasteiger partial charge in [-0.25, -0.2) is 0 Å². The minimum atomic E-state index is 0.122. The third-order valence-corrected chi connectivity index (χ3v) is 6.05. The van der Waals surface area contributed by atoms with Crippen LogP contribution in [0.5, 0.6) is 0 Å². The molecule has 5 nitrogen and oxygen atoms in total. The summed E-state index contributed by atoms with van der Waals surface area (Å²) in [6, 6.07) is 2.19. The van der Waals surface area contributed by atoms with Crippen molar-refractivity contribution in [3.63, 3.8) is 0 Å². The summed E-state index contributed by atoms with van der Waals surface area (Å²) >= 11 is 0. The maximum Gasteiger partial charge on any atom is 0.226 e. The van der Waals surface area contributed by atoms with Crippen molar-refractivity contribution in [3.8, 4) is 0 Å². The molecule has 2 N–H and O–H groups in total. The summed E-state index contributed by atoms with van der Waals surface area (Å²) in [6.07, 6.45) is 3.85. The third-order valence-electron chi connectivity index (χ3n) is 6.05. The molecule has 0 radical (unpaired) electrons. The molecule has 1 aliphatic carbocycles. The van der Waals surface area contributed by atoms with E-state index in [4.69, 9.17) is 5.73 Å². The highest BCUT2D eigenvalue weighted by atomic mass is 16.2. The molecular weight excluding hydrogens is 264 g/mol. The zero-order chi connectivity index (χ0) is 15.4. The molecule has 1 amide bonds. The average molecular weight is 290 g/mol. The topological polar surface area (TPSA) is 64.2 Å². The number of piperidine rings is 1. The fourth-order valence-electron chi connectivity index (χ4n) is 3.90. The van der Waals surface area contributed by atoms with E-state index in [-0.39, 0.29) is 16.7 Å². The van der Waals surface area contributed by atoms with Gasteiger partial charge in [-0.2, -0.15) is 5.10 Å². The first kappa shape index (κ1) is 14.4. The number of amides is 1. The van der Waals surface area contributed by atoms with E-state index < -0.39 is 0 Å². The summed E-state index contributed by atoms with van der Waals surface area (Å²) < 4.78 is 1.95. The number of hydrogen-bond donors (Lipinski definition) is 1. The van der Waals surface area contributed by atoms with Crippen molar-refractivity contribution in [3.05, 3.63) is 12.3 Å². The SMILES string of the molecule is CC1(C)C(C(=O)N2CCC(n3ccc(N)n3)CC2)C1(C)C. The van der Waals surface area contributed by atoms with Crippen LogP contribution in [0.25, 0.3) is 0 Å². The number of carbonyl (C=O) groups is 1. The molecule has 0 unspecified atom stereocenters. The van der Waals surface area contributed by atoms with Crippen LogP contribution in [0.1, 0.15) is 46.6 Å². The van der Waals surface area contributed by atoms with Gasteiger partial charge in [0, 0.05) is 25.2 Å². The summed E-state index contributed by atoms with van der Waals surface area (Å²) in [4.78, 5) is 14.8. The van der Waals surface area contributed by atoms with Crippen LogP contribution in [0, 0.1) is 16.7 Å². The molecule has 0 spiro atoms. The Kier molecular flexibility index (Phi) is 3.08. The Labute approximate surface area is 126 Å². The van der Waals surface area contributed by atoms with Gasteiger partial charge in [-0.3, -0.25) is 9.48 Å². The lowest BCUT2D eigenvalue weighted by Crippen LogP contribution is -2.41. The number of nitrogen functional groups attached to an aromatic ring is 1. The Morgan fingerprint density at radius 1 is 1.24 bits per heavy atom. The van der Waals surface area contributed by atoms with Crippen molar-refractivity contribution in [2.75, 3.05) is 18.8 Å². The highest BCUT2D eigenvalue weighted by Gasteiger charge is 2.68. The Morgan fingerprint density at radius 3 is 2.24 bits per heavy atom. The summed E-state index contributed by atoms with van der Waals surface area (Å²) in [5.74, 6) is 1.07. The predicted molar refractivity (Wildman–Crippen MR) is 82.5 cm³/mol. The van der Waals surface area contributed by atoms with Crippen LogP contribution in [0.2, 0.25) is 0 Å². The van der Waals surface area contributed by atoms with Crippen LogP contribution in [0.15, 0.2) is 12.3 Å². The third kappa shape index (κ3) is 2.14. The van der Waals surface area contributed by atoms with E-state index in [1.165, 1.54) is 0 Å².